The Bertz CT molecular complexity index is 1380. The predicted octanol–water partition coefficient (Wildman–Crippen LogP) is 3.56. The third-order valence-corrected chi connectivity index (χ3v) is 6.02. The number of alkyl halides is 4. The van der Waals surface area contributed by atoms with Crippen LogP contribution < -0.4 is 10.1 Å². The lowest BCUT2D eigenvalue weighted by molar-refractivity contribution is -0.0675. The third kappa shape index (κ3) is 4.47. The van der Waals surface area contributed by atoms with Gasteiger partial charge in [-0.15, -0.1) is 10.2 Å². The molecule has 1 fully saturated rings. The van der Waals surface area contributed by atoms with Gasteiger partial charge in [-0.1, -0.05) is 11.3 Å². The van der Waals surface area contributed by atoms with Gasteiger partial charge in [-0.2, -0.15) is 4.98 Å². The molecule has 1 aliphatic rings. The van der Waals surface area contributed by atoms with Crippen LogP contribution in [0.15, 0.2) is 30.5 Å². The van der Waals surface area contributed by atoms with Crippen LogP contribution in [0.2, 0.25) is 0 Å². The van der Waals surface area contributed by atoms with Crippen molar-refractivity contribution in [2.75, 3.05) is 32.6 Å². The van der Waals surface area contributed by atoms with E-state index in [-0.39, 0.29) is 24.8 Å². The lowest BCUT2D eigenvalue weighted by Gasteiger charge is -2.36. The average Bonchev–Trinajstić information content (AvgIpc) is 3.37. The maximum atomic E-state index is 14.5. The Morgan fingerprint density at radius 2 is 2.06 bits per heavy atom. The molecule has 0 saturated carbocycles. The van der Waals surface area contributed by atoms with Crippen molar-refractivity contribution < 1.29 is 22.3 Å². The highest BCUT2D eigenvalue weighted by atomic mass is 19.3. The number of ether oxygens (including phenoxy) is 1. The molecule has 4 heterocycles. The van der Waals surface area contributed by atoms with E-state index in [1.807, 2.05) is 0 Å². The zero-order valence-electron chi connectivity index (χ0n) is 19.3. The second-order valence-electron chi connectivity index (χ2n) is 8.97. The quantitative estimate of drug-likeness (QED) is 0.412. The zero-order valence-corrected chi connectivity index (χ0v) is 19.3. The summed E-state index contributed by atoms with van der Waals surface area (Å²) in [6.45, 7) is 0.390. The lowest BCUT2D eigenvalue weighted by atomic mass is 10.0. The minimum atomic E-state index is -2.95. The molecule has 1 atom stereocenters. The van der Waals surface area contributed by atoms with Crippen molar-refractivity contribution in [3.05, 3.63) is 30.5 Å². The molecule has 1 unspecified atom stereocenters. The number of halogens is 4. The number of hydrogen-bond acceptors (Lipinski definition) is 7. The van der Waals surface area contributed by atoms with Crippen molar-refractivity contribution in [1.82, 2.24) is 34.5 Å². The maximum absolute atomic E-state index is 14.5. The van der Waals surface area contributed by atoms with Gasteiger partial charge in [0.1, 0.15) is 17.6 Å². The number of hydrogen-bond donors (Lipinski definition) is 1. The number of likely N-dealkylation sites (tertiary alicyclic amines) is 1. The van der Waals surface area contributed by atoms with Crippen LogP contribution in [0.25, 0.3) is 27.7 Å². The minimum Gasteiger partial charge on any atom is -0.479 e. The van der Waals surface area contributed by atoms with Crippen molar-refractivity contribution in [1.29, 1.82) is 0 Å². The van der Waals surface area contributed by atoms with Gasteiger partial charge in [0, 0.05) is 25.2 Å². The number of anilines is 1. The number of benzene rings is 1. The van der Waals surface area contributed by atoms with Crippen LogP contribution in [0.3, 0.4) is 0 Å². The summed E-state index contributed by atoms with van der Waals surface area (Å²) in [5.41, 5.74) is 2.80. The van der Waals surface area contributed by atoms with Crippen LogP contribution in [0.5, 0.6) is 5.88 Å². The maximum Gasteiger partial charge on any atom is 0.280 e. The highest BCUT2D eigenvalue weighted by molar-refractivity contribution is 5.89. The smallest absolute Gasteiger partial charge is 0.280 e. The molecule has 9 nitrogen and oxygen atoms in total. The van der Waals surface area contributed by atoms with Gasteiger partial charge in [0.25, 0.3) is 11.8 Å². The van der Waals surface area contributed by atoms with E-state index in [1.54, 1.807) is 42.4 Å². The number of nitrogens with zero attached hydrogens (tertiary/aromatic N) is 7. The fraction of sp³-hybridized carbons (Fsp3) is 0.455. The normalized spacial score (nSPS) is 18.9. The summed E-state index contributed by atoms with van der Waals surface area (Å²) in [5, 5.41) is 14.9. The first-order chi connectivity index (χ1) is 16.5. The average molecular weight is 492 g/mol. The molecule has 4 aromatic rings. The van der Waals surface area contributed by atoms with Crippen LogP contribution in [-0.2, 0) is 6.54 Å². The molecule has 0 spiro atoms. The minimum absolute atomic E-state index is 0.0219. The Hall–Kier alpha value is -3.48. The summed E-state index contributed by atoms with van der Waals surface area (Å²) in [6.07, 6.45) is 1.90. The van der Waals surface area contributed by atoms with E-state index in [9.17, 15) is 17.6 Å². The Morgan fingerprint density at radius 1 is 1.26 bits per heavy atom. The van der Waals surface area contributed by atoms with Crippen LogP contribution in [0, 0.1) is 0 Å². The Morgan fingerprint density at radius 3 is 2.77 bits per heavy atom. The van der Waals surface area contributed by atoms with E-state index in [0.29, 0.717) is 34.2 Å². The highest BCUT2D eigenvalue weighted by Gasteiger charge is 2.44. The second-order valence-corrected chi connectivity index (χ2v) is 8.97. The van der Waals surface area contributed by atoms with Gasteiger partial charge < -0.3 is 15.0 Å². The molecule has 1 N–H and O–H groups in total. The summed E-state index contributed by atoms with van der Waals surface area (Å²) in [4.78, 5) is 5.92. The van der Waals surface area contributed by atoms with Gasteiger partial charge in [0.05, 0.1) is 25.2 Å². The van der Waals surface area contributed by atoms with Crippen LogP contribution in [0.4, 0.5) is 23.5 Å². The molecule has 1 saturated heterocycles. The van der Waals surface area contributed by atoms with Crippen LogP contribution >= 0.6 is 0 Å². The predicted molar refractivity (Wildman–Crippen MR) is 121 cm³/mol. The van der Waals surface area contributed by atoms with E-state index < -0.39 is 24.4 Å². The molecule has 0 radical (unpaired) electrons. The van der Waals surface area contributed by atoms with Gasteiger partial charge >= 0.3 is 0 Å². The molecule has 0 aliphatic carbocycles. The van der Waals surface area contributed by atoms with E-state index in [1.165, 1.54) is 11.6 Å². The molecule has 0 bridgehead atoms. The number of aromatic nitrogens is 6. The van der Waals surface area contributed by atoms with Crippen molar-refractivity contribution in [3.8, 4) is 17.0 Å². The fourth-order valence-corrected chi connectivity index (χ4v) is 4.38. The molecular formula is C22H24F4N8O. The number of piperidine rings is 1. The highest BCUT2D eigenvalue weighted by Crippen LogP contribution is 2.34. The monoisotopic (exact) mass is 492 g/mol. The molecule has 35 heavy (non-hydrogen) atoms. The van der Waals surface area contributed by atoms with Crippen molar-refractivity contribution in [2.24, 2.45) is 0 Å². The molecule has 5 rings (SSSR count). The van der Waals surface area contributed by atoms with Gasteiger partial charge in [0.2, 0.25) is 11.8 Å². The summed E-state index contributed by atoms with van der Waals surface area (Å²) in [6, 6.07) is 5.84. The summed E-state index contributed by atoms with van der Waals surface area (Å²) >= 11 is 0. The largest absolute Gasteiger partial charge is 0.479 e. The molecule has 0 amide bonds. The topological polar surface area (TPSA) is 85.4 Å². The van der Waals surface area contributed by atoms with Crippen LogP contribution in [-0.4, -0.2) is 79.6 Å². The lowest BCUT2D eigenvalue weighted by Crippen LogP contribution is -2.53. The van der Waals surface area contributed by atoms with Gasteiger partial charge in [-0.05, 0) is 37.2 Å². The van der Waals surface area contributed by atoms with Crippen LogP contribution in [0.1, 0.15) is 13.3 Å². The molecule has 3 aromatic heterocycles. The first-order valence-electron chi connectivity index (χ1n) is 11.0. The molecule has 1 aliphatic heterocycles. The first kappa shape index (κ1) is 23.3. The van der Waals surface area contributed by atoms with E-state index in [0.717, 1.165) is 11.6 Å². The molecule has 13 heteroatoms. The standard InChI is InChI=1S/C22H24F4N8O/c1-21(23,24)11-34-16-10-13(4-5-15(16)29-31-34)14-6-9-33-18(14)19(35-3)28-20(30-33)27-17-7-8-32(2)12-22(17,25)26/h4-6,9-10,17H,7-8,11-12H2,1-3H3,(H,27,30). The van der Waals surface area contributed by atoms with Crippen molar-refractivity contribution in [3.63, 3.8) is 0 Å². The van der Waals surface area contributed by atoms with E-state index in [4.69, 9.17) is 4.74 Å². The Labute approximate surface area is 197 Å². The third-order valence-electron chi connectivity index (χ3n) is 6.02. The fourth-order valence-electron chi connectivity index (χ4n) is 4.38. The number of methoxy groups -OCH3 is 1. The van der Waals surface area contributed by atoms with E-state index >= 15 is 0 Å². The Balaban J connectivity index is 1.52. The van der Waals surface area contributed by atoms with Crippen molar-refractivity contribution in [2.45, 2.75) is 37.8 Å². The number of fused-ring (bicyclic) bond motifs is 2. The molecule has 186 valence electrons. The summed E-state index contributed by atoms with van der Waals surface area (Å²) < 4.78 is 64.3. The summed E-state index contributed by atoms with van der Waals surface area (Å²) in [5.74, 6) is -5.69. The number of nitrogens with one attached hydrogen (secondary N) is 1. The second kappa shape index (κ2) is 8.33. The SMILES string of the molecule is COc1nc(NC2CCN(C)CC2(F)F)nn2ccc(-c3ccc4nnn(CC(C)(F)F)c4c3)c12. The van der Waals surface area contributed by atoms with Gasteiger partial charge in [-0.25, -0.2) is 26.8 Å². The first-order valence-corrected chi connectivity index (χ1v) is 11.0. The number of rotatable bonds is 6. The zero-order chi connectivity index (χ0) is 25.0. The van der Waals surface area contributed by atoms with E-state index in [2.05, 4.69) is 25.7 Å². The molecule has 1 aromatic carbocycles. The van der Waals surface area contributed by atoms with Crippen molar-refractivity contribution >= 4 is 22.5 Å². The van der Waals surface area contributed by atoms with Gasteiger partial charge in [-0.3, -0.25) is 0 Å². The molecular weight excluding hydrogens is 468 g/mol. The summed E-state index contributed by atoms with van der Waals surface area (Å²) in [7, 11) is 3.09. The van der Waals surface area contributed by atoms with Gasteiger partial charge in [0.15, 0.2) is 0 Å². The Kier molecular flexibility index (Phi) is 5.54.